The van der Waals surface area contributed by atoms with Gasteiger partial charge < -0.3 is 13.7 Å². The van der Waals surface area contributed by atoms with Crippen LogP contribution in [0.15, 0.2) is 40.8 Å². The number of aryl methyl sites for hydroxylation is 1. The summed E-state index contributed by atoms with van der Waals surface area (Å²) in [5, 5.41) is 0.622. The van der Waals surface area contributed by atoms with Gasteiger partial charge in [-0.25, -0.2) is 9.97 Å². The molecule has 1 aliphatic heterocycles. The van der Waals surface area contributed by atoms with Crippen molar-refractivity contribution in [3.63, 3.8) is 0 Å². The first-order chi connectivity index (χ1) is 12.7. The topological polar surface area (TPSA) is 53.1 Å². The number of ether oxygens (including phenoxy) is 1. The molecule has 0 saturated carbocycles. The molecular weight excluding hydrogens is 350 g/mol. The van der Waals surface area contributed by atoms with Crippen LogP contribution in [-0.2, 0) is 4.74 Å². The molecule has 1 fully saturated rings. The fourth-order valence-electron chi connectivity index (χ4n) is 3.79. The molecule has 0 N–H and O–H groups in total. The zero-order chi connectivity index (χ0) is 17.7. The maximum Gasteiger partial charge on any atom is 0.228 e. The Morgan fingerprint density at radius 2 is 1.88 bits per heavy atom. The molecule has 0 aliphatic carbocycles. The summed E-state index contributed by atoms with van der Waals surface area (Å²) in [6, 6.07) is 12.1. The van der Waals surface area contributed by atoms with Gasteiger partial charge in [0.1, 0.15) is 11.3 Å². The summed E-state index contributed by atoms with van der Waals surface area (Å²) in [5.41, 5.74) is 4.31. The largest absolute Gasteiger partial charge is 0.436 e. The molecule has 0 unspecified atom stereocenters. The minimum atomic E-state index is 0.403. The molecule has 26 heavy (non-hydrogen) atoms. The van der Waals surface area contributed by atoms with Gasteiger partial charge in [-0.1, -0.05) is 23.7 Å². The van der Waals surface area contributed by atoms with Gasteiger partial charge in [0.2, 0.25) is 5.89 Å². The van der Waals surface area contributed by atoms with Crippen molar-refractivity contribution < 1.29 is 9.15 Å². The fraction of sp³-hybridized carbons (Fsp3) is 0.300. The van der Waals surface area contributed by atoms with Crippen molar-refractivity contribution in [2.24, 2.45) is 0 Å². The molecule has 5 rings (SSSR count). The van der Waals surface area contributed by atoms with Gasteiger partial charge in [0, 0.05) is 19.3 Å². The van der Waals surface area contributed by atoms with Crippen LogP contribution < -0.4 is 0 Å². The summed E-state index contributed by atoms with van der Waals surface area (Å²) >= 11 is 6.62. The van der Waals surface area contributed by atoms with Crippen LogP contribution in [0.2, 0.25) is 5.02 Å². The van der Waals surface area contributed by atoms with Crippen LogP contribution in [0, 0.1) is 6.92 Å². The summed E-state index contributed by atoms with van der Waals surface area (Å²) in [4.78, 5) is 9.33. The van der Waals surface area contributed by atoms with Gasteiger partial charge in [0.15, 0.2) is 5.58 Å². The number of hydrogen-bond donors (Lipinski definition) is 0. The maximum atomic E-state index is 6.62. The minimum absolute atomic E-state index is 0.403. The van der Waals surface area contributed by atoms with Crippen molar-refractivity contribution in [2.45, 2.75) is 25.8 Å². The van der Waals surface area contributed by atoms with Crippen molar-refractivity contribution in [3.8, 4) is 11.5 Å². The Morgan fingerprint density at radius 3 is 2.69 bits per heavy atom. The Kier molecular flexibility index (Phi) is 3.72. The van der Waals surface area contributed by atoms with Crippen molar-refractivity contribution in [1.82, 2.24) is 14.5 Å². The number of nitrogens with zero attached hydrogens (tertiary/aromatic N) is 3. The molecule has 0 atom stereocenters. The number of rotatable bonds is 2. The molecule has 5 nitrogen and oxygen atoms in total. The molecule has 0 amide bonds. The lowest BCUT2D eigenvalue weighted by atomic mass is 10.1. The van der Waals surface area contributed by atoms with E-state index in [0.717, 1.165) is 59.6 Å². The van der Waals surface area contributed by atoms with Crippen molar-refractivity contribution in [2.75, 3.05) is 13.2 Å². The van der Waals surface area contributed by atoms with E-state index in [0.29, 0.717) is 17.0 Å². The Balaban J connectivity index is 1.65. The van der Waals surface area contributed by atoms with Crippen LogP contribution in [0.4, 0.5) is 0 Å². The van der Waals surface area contributed by atoms with Crippen molar-refractivity contribution >= 4 is 33.7 Å². The predicted octanol–water partition coefficient (Wildman–Crippen LogP) is 5.16. The Morgan fingerprint density at radius 1 is 1.08 bits per heavy atom. The average Bonchev–Trinajstić information content (AvgIpc) is 3.21. The standard InChI is InChI=1S/C20H18ClN3O2/c1-12-22-17-10-14(20-23-16-4-2-3-5-19(16)26-20)15(21)11-18(17)24(12)13-6-8-25-9-7-13/h2-5,10-11,13H,6-9H2,1H3. The van der Waals surface area contributed by atoms with Gasteiger partial charge in [0.25, 0.3) is 0 Å². The lowest BCUT2D eigenvalue weighted by Crippen LogP contribution is -2.20. The van der Waals surface area contributed by atoms with Crippen molar-refractivity contribution in [1.29, 1.82) is 0 Å². The fourth-order valence-corrected chi connectivity index (χ4v) is 4.03. The van der Waals surface area contributed by atoms with Gasteiger partial charge in [-0.3, -0.25) is 0 Å². The summed E-state index contributed by atoms with van der Waals surface area (Å²) in [6.45, 7) is 3.62. The molecule has 0 radical (unpaired) electrons. The average molecular weight is 368 g/mol. The normalized spacial score (nSPS) is 15.9. The molecular formula is C20H18ClN3O2. The van der Waals surface area contributed by atoms with E-state index in [1.807, 2.05) is 43.3 Å². The van der Waals surface area contributed by atoms with E-state index in [1.54, 1.807) is 0 Å². The molecule has 2 aromatic carbocycles. The van der Waals surface area contributed by atoms with E-state index in [2.05, 4.69) is 9.55 Å². The first-order valence-electron chi connectivity index (χ1n) is 8.82. The van der Waals surface area contributed by atoms with E-state index < -0.39 is 0 Å². The molecule has 3 heterocycles. The molecule has 4 aromatic rings. The van der Waals surface area contributed by atoms with Gasteiger partial charge in [-0.15, -0.1) is 0 Å². The lowest BCUT2D eigenvalue weighted by molar-refractivity contribution is 0.0701. The van der Waals surface area contributed by atoms with Crippen LogP contribution in [-0.4, -0.2) is 27.7 Å². The number of halogens is 1. The van der Waals surface area contributed by atoms with E-state index in [4.69, 9.17) is 25.7 Å². The van der Waals surface area contributed by atoms with E-state index in [9.17, 15) is 0 Å². The minimum Gasteiger partial charge on any atom is -0.436 e. The van der Waals surface area contributed by atoms with Crippen molar-refractivity contribution in [3.05, 3.63) is 47.2 Å². The monoisotopic (exact) mass is 367 g/mol. The third-order valence-electron chi connectivity index (χ3n) is 5.03. The molecule has 132 valence electrons. The zero-order valence-electron chi connectivity index (χ0n) is 14.4. The molecule has 6 heteroatoms. The summed E-state index contributed by atoms with van der Waals surface area (Å²) in [5.74, 6) is 1.52. The summed E-state index contributed by atoms with van der Waals surface area (Å²) in [7, 11) is 0. The number of fused-ring (bicyclic) bond motifs is 2. The third kappa shape index (κ3) is 2.50. The molecule has 1 saturated heterocycles. The van der Waals surface area contributed by atoms with E-state index in [1.165, 1.54) is 0 Å². The Hall–Kier alpha value is -2.37. The predicted molar refractivity (Wildman–Crippen MR) is 102 cm³/mol. The molecule has 1 aliphatic rings. The second kappa shape index (κ2) is 6.11. The van der Waals surface area contributed by atoms with Crippen LogP contribution in [0.5, 0.6) is 0 Å². The molecule has 2 aromatic heterocycles. The SMILES string of the molecule is Cc1nc2cc(-c3nc4ccccc4o3)c(Cl)cc2n1C1CCOCC1. The molecule has 0 bridgehead atoms. The van der Waals surface area contributed by atoms with Gasteiger partial charge in [-0.05, 0) is 44.0 Å². The highest BCUT2D eigenvalue weighted by Crippen LogP contribution is 2.35. The summed E-state index contributed by atoms with van der Waals surface area (Å²) < 4.78 is 13.7. The first-order valence-corrected chi connectivity index (χ1v) is 9.20. The van der Waals surface area contributed by atoms with Crippen LogP contribution >= 0.6 is 11.6 Å². The Labute approximate surface area is 155 Å². The van der Waals surface area contributed by atoms with Gasteiger partial charge >= 0.3 is 0 Å². The number of aromatic nitrogens is 3. The highest BCUT2D eigenvalue weighted by atomic mass is 35.5. The van der Waals surface area contributed by atoms with Crippen LogP contribution in [0.25, 0.3) is 33.6 Å². The second-order valence-corrected chi connectivity index (χ2v) is 7.09. The number of imidazole rings is 1. The highest BCUT2D eigenvalue weighted by Gasteiger charge is 2.22. The quantitative estimate of drug-likeness (QED) is 0.491. The van der Waals surface area contributed by atoms with Gasteiger partial charge in [0.05, 0.1) is 21.6 Å². The third-order valence-corrected chi connectivity index (χ3v) is 5.35. The van der Waals surface area contributed by atoms with Crippen LogP contribution in [0.3, 0.4) is 0 Å². The smallest absolute Gasteiger partial charge is 0.228 e. The van der Waals surface area contributed by atoms with Gasteiger partial charge in [-0.2, -0.15) is 0 Å². The first kappa shape index (κ1) is 15.9. The zero-order valence-corrected chi connectivity index (χ0v) is 15.2. The number of oxazole rings is 1. The lowest BCUT2D eigenvalue weighted by Gasteiger charge is -2.25. The molecule has 0 spiro atoms. The van der Waals surface area contributed by atoms with E-state index in [-0.39, 0.29) is 0 Å². The number of benzene rings is 2. The maximum absolute atomic E-state index is 6.62. The highest BCUT2D eigenvalue weighted by molar-refractivity contribution is 6.34. The Bertz CT molecular complexity index is 1080. The summed E-state index contributed by atoms with van der Waals surface area (Å²) in [6.07, 6.45) is 1.99. The van der Waals surface area contributed by atoms with E-state index >= 15 is 0 Å². The van der Waals surface area contributed by atoms with Crippen LogP contribution in [0.1, 0.15) is 24.7 Å². The second-order valence-electron chi connectivity index (χ2n) is 6.68. The number of hydrogen-bond acceptors (Lipinski definition) is 4. The number of para-hydroxylation sites is 2.